The van der Waals surface area contributed by atoms with Crippen LogP contribution in [0.2, 0.25) is 5.02 Å². The van der Waals surface area contributed by atoms with Crippen LogP contribution in [0.15, 0.2) is 79.0 Å². The van der Waals surface area contributed by atoms with E-state index in [-0.39, 0.29) is 0 Å². The summed E-state index contributed by atoms with van der Waals surface area (Å²) in [5.41, 5.74) is 3.92. The van der Waals surface area contributed by atoms with Crippen molar-refractivity contribution < 1.29 is 0 Å². The van der Waals surface area contributed by atoms with E-state index in [9.17, 15) is 0 Å². The lowest BCUT2D eigenvalue weighted by atomic mass is 10.0. The van der Waals surface area contributed by atoms with Gasteiger partial charge in [0, 0.05) is 16.9 Å². The standard InChI is InChI=1S/C9H11Cl.C9H12.C8H11N/c1-7(2)8-3-5-9(10)6-4-8;1-8(2)9-6-4-3-5-7-9;1-7(2)8-5-3-4-6-9-8/h3-7H,1-2H3;3-8H,1-2H3;3-7H,1-2H3. The van der Waals surface area contributed by atoms with Crippen molar-refractivity contribution in [2.75, 3.05) is 0 Å². The molecule has 0 amide bonds. The molecule has 3 aromatic rings. The lowest BCUT2D eigenvalue weighted by Crippen LogP contribution is -1.88. The number of halogens is 1. The summed E-state index contributed by atoms with van der Waals surface area (Å²) in [6.07, 6.45) is 1.83. The Bertz CT molecular complexity index is 704. The van der Waals surface area contributed by atoms with E-state index in [0.717, 1.165) is 10.7 Å². The number of hydrogen-bond donors (Lipinski definition) is 0. The van der Waals surface area contributed by atoms with Crippen molar-refractivity contribution >= 4 is 11.6 Å². The number of pyridine rings is 1. The quantitative estimate of drug-likeness (QED) is 0.433. The molecule has 0 saturated heterocycles. The summed E-state index contributed by atoms with van der Waals surface area (Å²) in [5, 5.41) is 0.810. The average molecular weight is 396 g/mol. The number of hydrogen-bond acceptors (Lipinski definition) is 1. The monoisotopic (exact) mass is 395 g/mol. The van der Waals surface area contributed by atoms with E-state index in [1.165, 1.54) is 11.1 Å². The summed E-state index contributed by atoms with van der Waals surface area (Å²) in [7, 11) is 0. The van der Waals surface area contributed by atoms with Gasteiger partial charge < -0.3 is 0 Å². The van der Waals surface area contributed by atoms with Gasteiger partial charge in [-0.2, -0.15) is 0 Å². The molecule has 0 bridgehead atoms. The van der Waals surface area contributed by atoms with Gasteiger partial charge in [-0.3, -0.25) is 4.98 Å². The molecular weight excluding hydrogens is 362 g/mol. The first-order valence-corrected chi connectivity index (χ1v) is 10.4. The van der Waals surface area contributed by atoms with Crippen molar-refractivity contribution in [1.29, 1.82) is 0 Å². The summed E-state index contributed by atoms with van der Waals surface area (Å²) in [6.45, 7) is 13.0. The van der Waals surface area contributed by atoms with Gasteiger partial charge in [0.2, 0.25) is 0 Å². The number of nitrogens with zero attached hydrogens (tertiary/aromatic N) is 1. The maximum Gasteiger partial charge on any atom is 0.0428 e. The SMILES string of the molecule is CC(C)c1ccc(Cl)cc1.CC(C)c1ccccc1.CC(C)c1ccccn1. The summed E-state index contributed by atoms with van der Waals surface area (Å²) in [4.78, 5) is 4.18. The largest absolute Gasteiger partial charge is 0.261 e. The molecule has 0 spiro atoms. The minimum absolute atomic E-state index is 0.547. The van der Waals surface area contributed by atoms with Gasteiger partial charge in [-0.1, -0.05) is 102 Å². The highest BCUT2D eigenvalue weighted by atomic mass is 35.5. The molecule has 1 aromatic heterocycles. The van der Waals surface area contributed by atoms with Gasteiger partial charge in [-0.25, -0.2) is 0 Å². The number of aromatic nitrogens is 1. The van der Waals surface area contributed by atoms with E-state index < -0.39 is 0 Å². The van der Waals surface area contributed by atoms with E-state index in [0.29, 0.717) is 17.8 Å². The Morgan fingerprint density at radius 2 is 1.07 bits per heavy atom. The van der Waals surface area contributed by atoms with Gasteiger partial charge in [0.15, 0.2) is 0 Å². The Morgan fingerprint density at radius 1 is 0.571 bits per heavy atom. The Kier molecular flexibility index (Phi) is 11.2. The first kappa shape index (κ1) is 23.9. The lowest BCUT2D eigenvalue weighted by molar-refractivity contribution is 0.823. The van der Waals surface area contributed by atoms with Gasteiger partial charge in [-0.05, 0) is 53.1 Å². The molecule has 1 nitrogen and oxygen atoms in total. The van der Waals surface area contributed by atoms with Crippen LogP contribution in [-0.4, -0.2) is 4.98 Å². The highest BCUT2D eigenvalue weighted by Crippen LogP contribution is 2.16. The smallest absolute Gasteiger partial charge is 0.0428 e. The molecular formula is C26H34ClN. The summed E-state index contributed by atoms with van der Waals surface area (Å²) in [5.74, 6) is 1.80. The Hall–Kier alpha value is -2.12. The van der Waals surface area contributed by atoms with Crippen molar-refractivity contribution in [3.8, 4) is 0 Å². The van der Waals surface area contributed by atoms with Gasteiger partial charge >= 0.3 is 0 Å². The summed E-state index contributed by atoms with van der Waals surface area (Å²) in [6, 6.07) is 24.5. The molecule has 0 aliphatic carbocycles. The second kappa shape index (κ2) is 13.1. The molecule has 0 aliphatic heterocycles. The van der Waals surface area contributed by atoms with Gasteiger partial charge in [0.1, 0.15) is 0 Å². The molecule has 2 aromatic carbocycles. The topological polar surface area (TPSA) is 12.9 Å². The predicted molar refractivity (Wildman–Crippen MR) is 124 cm³/mol. The van der Waals surface area contributed by atoms with Crippen LogP contribution in [0.5, 0.6) is 0 Å². The van der Waals surface area contributed by atoms with Crippen molar-refractivity contribution in [3.63, 3.8) is 0 Å². The molecule has 0 fully saturated rings. The minimum Gasteiger partial charge on any atom is -0.261 e. The number of rotatable bonds is 3. The zero-order chi connectivity index (χ0) is 20.9. The first-order chi connectivity index (χ1) is 13.3. The van der Waals surface area contributed by atoms with E-state index in [1.54, 1.807) is 0 Å². The fourth-order valence-corrected chi connectivity index (χ4v) is 2.53. The van der Waals surface area contributed by atoms with Gasteiger partial charge in [-0.15, -0.1) is 0 Å². The second-order valence-electron chi connectivity index (χ2n) is 7.68. The fraction of sp³-hybridized carbons (Fsp3) is 0.346. The molecule has 0 aliphatic rings. The van der Waals surface area contributed by atoms with Crippen molar-refractivity contribution in [1.82, 2.24) is 4.98 Å². The molecule has 0 radical (unpaired) electrons. The van der Waals surface area contributed by atoms with Crippen molar-refractivity contribution in [2.45, 2.75) is 59.3 Å². The van der Waals surface area contributed by atoms with Crippen LogP contribution in [0.3, 0.4) is 0 Å². The van der Waals surface area contributed by atoms with Gasteiger partial charge in [0.25, 0.3) is 0 Å². The van der Waals surface area contributed by atoms with Crippen LogP contribution < -0.4 is 0 Å². The lowest BCUT2D eigenvalue weighted by Gasteiger charge is -2.03. The Morgan fingerprint density at radius 3 is 1.43 bits per heavy atom. The average Bonchev–Trinajstić information content (AvgIpc) is 2.70. The molecule has 0 saturated carbocycles. The van der Waals surface area contributed by atoms with Crippen molar-refractivity contribution in [2.24, 2.45) is 0 Å². The van der Waals surface area contributed by atoms with Crippen LogP contribution in [0.25, 0.3) is 0 Å². The van der Waals surface area contributed by atoms with E-state index >= 15 is 0 Å². The molecule has 150 valence electrons. The maximum atomic E-state index is 5.72. The normalized spacial score (nSPS) is 10.2. The molecule has 28 heavy (non-hydrogen) atoms. The third-order valence-corrected chi connectivity index (χ3v) is 4.53. The molecule has 1 heterocycles. The molecule has 0 unspecified atom stereocenters. The zero-order valence-corrected chi connectivity index (χ0v) is 18.8. The van der Waals surface area contributed by atoms with Crippen molar-refractivity contribution in [3.05, 3.63) is 101 Å². The Labute approximate surface area is 176 Å². The molecule has 0 N–H and O–H groups in total. The molecule has 2 heteroatoms. The zero-order valence-electron chi connectivity index (χ0n) is 18.1. The fourth-order valence-electron chi connectivity index (χ4n) is 2.40. The van der Waals surface area contributed by atoms with E-state index in [1.807, 2.05) is 42.6 Å². The van der Waals surface area contributed by atoms with Crippen LogP contribution in [-0.2, 0) is 0 Å². The summed E-state index contributed by atoms with van der Waals surface area (Å²) >= 11 is 5.72. The second-order valence-corrected chi connectivity index (χ2v) is 8.12. The highest BCUT2D eigenvalue weighted by Gasteiger charge is 1.96. The van der Waals surface area contributed by atoms with E-state index in [4.69, 9.17) is 11.6 Å². The maximum absolute atomic E-state index is 5.72. The van der Waals surface area contributed by atoms with Crippen LogP contribution >= 0.6 is 11.6 Å². The predicted octanol–water partition coefficient (Wildman–Crippen LogP) is 8.48. The highest BCUT2D eigenvalue weighted by molar-refractivity contribution is 6.30. The molecule has 0 atom stereocenters. The minimum atomic E-state index is 0.547. The van der Waals surface area contributed by atoms with E-state index in [2.05, 4.69) is 82.9 Å². The van der Waals surface area contributed by atoms with Crippen LogP contribution in [0.4, 0.5) is 0 Å². The third-order valence-electron chi connectivity index (χ3n) is 4.28. The van der Waals surface area contributed by atoms with Crippen LogP contribution in [0.1, 0.15) is 76.1 Å². The summed E-state index contributed by atoms with van der Waals surface area (Å²) < 4.78 is 0. The van der Waals surface area contributed by atoms with Gasteiger partial charge in [0.05, 0.1) is 0 Å². The first-order valence-electron chi connectivity index (χ1n) is 10.0. The Balaban J connectivity index is 0.000000210. The third kappa shape index (κ3) is 9.71. The van der Waals surface area contributed by atoms with Crippen LogP contribution in [0, 0.1) is 0 Å². The number of benzene rings is 2. The molecule has 3 rings (SSSR count).